The number of carbonyl (C=O) groups is 1. The van der Waals surface area contributed by atoms with Crippen molar-refractivity contribution in [2.45, 2.75) is 12.6 Å². The SMILES string of the molecule is O=C(c1cc(F)ccc1-c1ncccn1)N1CCOC1Cc1noc(-c2ccc(F)cc2)n1. The largest absolute Gasteiger partial charge is 0.356 e. The van der Waals surface area contributed by atoms with E-state index in [0.29, 0.717) is 35.9 Å². The first kappa shape index (κ1) is 20.8. The Morgan fingerprint density at radius 1 is 1.06 bits per heavy atom. The summed E-state index contributed by atoms with van der Waals surface area (Å²) in [5.74, 6) is -0.456. The van der Waals surface area contributed by atoms with Crippen molar-refractivity contribution in [3.05, 3.63) is 83.9 Å². The van der Waals surface area contributed by atoms with Crippen LogP contribution in [0.1, 0.15) is 16.2 Å². The van der Waals surface area contributed by atoms with Crippen LogP contribution in [0.25, 0.3) is 22.8 Å². The van der Waals surface area contributed by atoms with Gasteiger partial charge >= 0.3 is 0 Å². The minimum Gasteiger partial charge on any atom is -0.356 e. The molecule has 1 aliphatic heterocycles. The van der Waals surface area contributed by atoms with Crippen molar-refractivity contribution in [3.8, 4) is 22.8 Å². The Morgan fingerprint density at radius 3 is 2.61 bits per heavy atom. The molecule has 33 heavy (non-hydrogen) atoms. The van der Waals surface area contributed by atoms with Crippen LogP contribution in [0.3, 0.4) is 0 Å². The molecule has 0 saturated carbocycles. The van der Waals surface area contributed by atoms with Gasteiger partial charge in [-0.2, -0.15) is 4.98 Å². The number of ether oxygens (including phenoxy) is 1. The van der Waals surface area contributed by atoms with Gasteiger partial charge in [0, 0.05) is 30.1 Å². The number of halogens is 2. The second kappa shape index (κ2) is 8.83. The Balaban J connectivity index is 1.38. The average molecular weight is 449 g/mol. The van der Waals surface area contributed by atoms with Crippen LogP contribution in [-0.2, 0) is 11.2 Å². The summed E-state index contributed by atoms with van der Waals surface area (Å²) in [6, 6.07) is 11.2. The van der Waals surface area contributed by atoms with Crippen molar-refractivity contribution in [1.29, 1.82) is 0 Å². The summed E-state index contributed by atoms with van der Waals surface area (Å²) in [7, 11) is 0. The molecule has 0 N–H and O–H groups in total. The molecular formula is C23H17F2N5O3. The van der Waals surface area contributed by atoms with Crippen molar-refractivity contribution < 1.29 is 22.8 Å². The van der Waals surface area contributed by atoms with Crippen LogP contribution in [0.15, 0.2) is 65.4 Å². The number of hydrogen-bond donors (Lipinski definition) is 0. The first-order valence-electron chi connectivity index (χ1n) is 10.2. The number of benzene rings is 2. The fourth-order valence-corrected chi connectivity index (χ4v) is 3.61. The molecule has 2 aromatic heterocycles. The Bertz CT molecular complexity index is 1280. The van der Waals surface area contributed by atoms with Gasteiger partial charge in [0.1, 0.15) is 17.9 Å². The van der Waals surface area contributed by atoms with Gasteiger partial charge in [-0.05, 0) is 48.5 Å². The van der Waals surface area contributed by atoms with Crippen LogP contribution in [0.2, 0.25) is 0 Å². The maximum atomic E-state index is 14.0. The highest BCUT2D eigenvalue weighted by Crippen LogP contribution is 2.26. The van der Waals surface area contributed by atoms with Gasteiger partial charge in [-0.25, -0.2) is 18.7 Å². The Labute approximate surface area is 186 Å². The van der Waals surface area contributed by atoms with Crippen LogP contribution < -0.4 is 0 Å². The molecule has 3 heterocycles. The van der Waals surface area contributed by atoms with E-state index in [1.807, 2.05) is 0 Å². The molecule has 4 aromatic rings. The highest BCUT2D eigenvalue weighted by atomic mass is 19.1. The number of aromatic nitrogens is 4. The Hall–Kier alpha value is -4.05. The van der Waals surface area contributed by atoms with E-state index in [2.05, 4.69) is 20.1 Å². The minimum atomic E-state index is -0.663. The van der Waals surface area contributed by atoms with Gasteiger partial charge in [-0.3, -0.25) is 4.79 Å². The molecule has 0 bridgehead atoms. The molecule has 166 valence electrons. The third-order valence-corrected chi connectivity index (χ3v) is 5.19. The van der Waals surface area contributed by atoms with E-state index in [1.54, 1.807) is 18.5 Å². The zero-order chi connectivity index (χ0) is 22.8. The standard InChI is InChI=1S/C23H17F2N5O3/c24-15-4-2-14(3-5-15)22-28-19(29-33-22)13-20-30(10-11-32-20)23(31)18-12-16(25)6-7-17(18)21-26-8-1-9-27-21/h1-9,12,20H,10-11,13H2. The van der Waals surface area contributed by atoms with Gasteiger partial charge in [0.25, 0.3) is 11.8 Å². The van der Waals surface area contributed by atoms with E-state index in [1.165, 1.54) is 47.4 Å². The Morgan fingerprint density at radius 2 is 1.82 bits per heavy atom. The summed E-state index contributed by atoms with van der Waals surface area (Å²) in [5, 5.41) is 3.95. The number of rotatable bonds is 5. The topological polar surface area (TPSA) is 94.2 Å². The van der Waals surface area contributed by atoms with Crippen LogP contribution in [-0.4, -0.2) is 50.3 Å². The molecule has 1 aliphatic rings. The van der Waals surface area contributed by atoms with E-state index in [4.69, 9.17) is 9.26 Å². The Kier molecular flexibility index (Phi) is 5.57. The van der Waals surface area contributed by atoms with Crippen LogP contribution in [0.4, 0.5) is 8.78 Å². The van der Waals surface area contributed by atoms with Crippen LogP contribution in [0.5, 0.6) is 0 Å². The molecule has 1 unspecified atom stereocenters. The summed E-state index contributed by atoms with van der Waals surface area (Å²) in [6.07, 6.45) is 2.61. The predicted molar refractivity (Wildman–Crippen MR) is 112 cm³/mol. The minimum absolute atomic E-state index is 0.136. The van der Waals surface area contributed by atoms with Crippen molar-refractivity contribution in [2.75, 3.05) is 13.2 Å². The van der Waals surface area contributed by atoms with E-state index >= 15 is 0 Å². The molecule has 0 spiro atoms. The monoisotopic (exact) mass is 449 g/mol. The molecule has 5 rings (SSSR count). The normalized spacial score (nSPS) is 15.7. The smallest absolute Gasteiger partial charge is 0.257 e. The molecular weight excluding hydrogens is 432 g/mol. The summed E-state index contributed by atoms with van der Waals surface area (Å²) in [6.45, 7) is 0.628. The van der Waals surface area contributed by atoms with E-state index < -0.39 is 18.0 Å². The van der Waals surface area contributed by atoms with Crippen molar-refractivity contribution in [3.63, 3.8) is 0 Å². The van der Waals surface area contributed by atoms with Crippen LogP contribution in [0, 0.1) is 11.6 Å². The molecule has 1 fully saturated rings. The molecule has 1 saturated heterocycles. The molecule has 8 nitrogen and oxygen atoms in total. The first-order valence-corrected chi connectivity index (χ1v) is 10.2. The zero-order valence-electron chi connectivity index (χ0n) is 17.2. The summed E-state index contributed by atoms with van der Waals surface area (Å²) in [5.41, 5.74) is 1.13. The van der Waals surface area contributed by atoms with E-state index in [9.17, 15) is 13.6 Å². The average Bonchev–Trinajstić information content (AvgIpc) is 3.50. The lowest BCUT2D eigenvalue weighted by molar-refractivity contribution is 0.0273. The second-order valence-corrected chi connectivity index (χ2v) is 7.31. The molecule has 0 radical (unpaired) electrons. The number of hydrogen-bond acceptors (Lipinski definition) is 7. The molecule has 10 heteroatoms. The summed E-state index contributed by atoms with van der Waals surface area (Å²) < 4.78 is 38.2. The van der Waals surface area contributed by atoms with Gasteiger partial charge in [-0.15, -0.1) is 0 Å². The van der Waals surface area contributed by atoms with Crippen LogP contribution >= 0.6 is 0 Å². The van der Waals surface area contributed by atoms with Gasteiger partial charge in [0.05, 0.1) is 18.6 Å². The quantitative estimate of drug-likeness (QED) is 0.460. The molecule has 2 aromatic carbocycles. The fraction of sp³-hybridized carbons (Fsp3) is 0.174. The van der Waals surface area contributed by atoms with Gasteiger partial charge in [-0.1, -0.05) is 5.16 Å². The third-order valence-electron chi connectivity index (χ3n) is 5.19. The third kappa shape index (κ3) is 4.33. The lowest BCUT2D eigenvalue weighted by Gasteiger charge is -2.23. The lowest BCUT2D eigenvalue weighted by atomic mass is 10.0. The lowest BCUT2D eigenvalue weighted by Crippen LogP contribution is -2.38. The molecule has 1 amide bonds. The number of amides is 1. The van der Waals surface area contributed by atoms with Crippen molar-refractivity contribution in [1.82, 2.24) is 25.0 Å². The fourth-order valence-electron chi connectivity index (χ4n) is 3.61. The van der Waals surface area contributed by atoms with Crippen molar-refractivity contribution in [2.24, 2.45) is 0 Å². The number of carbonyl (C=O) groups excluding carboxylic acids is 1. The number of nitrogens with zero attached hydrogens (tertiary/aromatic N) is 5. The van der Waals surface area contributed by atoms with Gasteiger partial charge < -0.3 is 14.2 Å². The summed E-state index contributed by atoms with van der Waals surface area (Å²) >= 11 is 0. The summed E-state index contributed by atoms with van der Waals surface area (Å²) in [4.78, 5) is 27.6. The second-order valence-electron chi connectivity index (χ2n) is 7.31. The first-order chi connectivity index (χ1) is 16.1. The molecule has 1 atom stereocenters. The van der Waals surface area contributed by atoms with Gasteiger partial charge in [0.15, 0.2) is 11.6 Å². The van der Waals surface area contributed by atoms with E-state index in [-0.39, 0.29) is 23.7 Å². The maximum absolute atomic E-state index is 14.0. The highest BCUT2D eigenvalue weighted by molar-refractivity contribution is 6.00. The maximum Gasteiger partial charge on any atom is 0.257 e. The zero-order valence-corrected chi connectivity index (χ0v) is 17.2. The van der Waals surface area contributed by atoms with E-state index in [0.717, 1.165) is 0 Å². The predicted octanol–water partition coefficient (Wildman–Crippen LogP) is 3.51. The van der Waals surface area contributed by atoms with Crippen molar-refractivity contribution >= 4 is 5.91 Å². The highest BCUT2D eigenvalue weighted by Gasteiger charge is 2.33. The van der Waals surface area contributed by atoms with Gasteiger partial charge in [0.2, 0.25) is 0 Å². The molecule has 0 aliphatic carbocycles.